The van der Waals surface area contributed by atoms with E-state index in [-0.39, 0.29) is 11.7 Å². The molecule has 19 heavy (non-hydrogen) atoms. The van der Waals surface area contributed by atoms with Gasteiger partial charge in [0.2, 0.25) is 0 Å². The van der Waals surface area contributed by atoms with Crippen molar-refractivity contribution in [2.24, 2.45) is 0 Å². The van der Waals surface area contributed by atoms with Gasteiger partial charge in [0.25, 0.3) is 0 Å². The van der Waals surface area contributed by atoms with Crippen LogP contribution in [0.25, 0.3) is 0 Å². The summed E-state index contributed by atoms with van der Waals surface area (Å²) in [7, 11) is 0. The summed E-state index contributed by atoms with van der Waals surface area (Å²) >= 11 is 0. The first kappa shape index (κ1) is 14.5. The molecule has 0 aromatic heterocycles. The van der Waals surface area contributed by atoms with Crippen LogP contribution >= 0.6 is 0 Å². The highest BCUT2D eigenvalue weighted by atomic mass is 16.6. The van der Waals surface area contributed by atoms with Crippen molar-refractivity contribution in [3.63, 3.8) is 0 Å². The summed E-state index contributed by atoms with van der Waals surface area (Å²) in [5.74, 6) is 0. The predicted molar refractivity (Wildman–Crippen MR) is 74.0 cm³/mol. The van der Waals surface area contributed by atoms with Crippen molar-refractivity contribution in [1.29, 1.82) is 0 Å². The van der Waals surface area contributed by atoms with Crippen LogP contribution in [-0.2, 0) is 9.47 Å². The molecule has 1 saturated heterocycles. The second-order valence-electron chi connectivity index (χ2n) is 5.59. The normalized spacial score (nSPS) is 24.1. The van der Waals surface area contributed by atoms with Crippen molar-refractivity contribution in [2.45, 2.75) is 31.7 Å². The van der Waals surface area contributed by atoms with Gasteiger partial charge in [0.05, 0.1) is 24.9 Å². The Bertz CT molecular complexity index is 380. The van der Waals surface area contributed by atoms with E-state index < -0.39 is 6.10 Å². The molecule has 4 nitrogen and oxygen atoms in total. The second-order valence-corrected chi connectivity index (χ2v) is 5.59. The minimum absolute atomic E-state index is 0.0479. The molecule has 2 unspecified atom stereocenters. The maximum Gasteiger partial charge on any atom is 0.102 e. The number of hydrogen-bond acceptors (Lipinski definition) is 4. The van der Waals surface area contributed by atoms with Gasteiger partial charge in [-0.3, -0.25) is 0 Å². The Labute approximate surface area is 114 Å². The number of aliphatic hydroxyl groups excluding tert-OH is 1. The Morgan fingerprint density at radius 2 is 2.16 bits per heavy atom. The molecule has 1 heterocycles. The molecule has 2 rings (SSSR count). The lowest BCUT2D eigenvalue weighted by atomic mass is 10.1. The van der Waals surface area contributed by atoms with Crippen LogP contribution in [-0.4, -0.2) is 43.1 Å². The van der Waals surface area contributed by atoms with Gasteiger partial charge in [0, 0.05) is 13.1 Å². The predicted octanol–water partition coefficient (Wildman–Crippen LogP) is 1.50. The number of aliphatic hydroxyl groups is 1. The zero-order chi connectivity index (χ0) is 13.7. The maximum absolute atomic E-state index is 9.97. The summed E-state index contributed by atoms with van der Waals surface area (Å²) in [6.07, 6.45) is -0.530. The van der Waals surface area contributed by atoms with Crippen LogP contribution in [0.1, 0.15) is 25.5 Å². The van der Waals surface area contributed by atoms with Crippen LogP contribution in [0.5, 0.6) is 0 Å². The van der Waals surface area contributed by atoms with Crippen LogP contribution < -0.4 is 5.32 Å². The highest BCUT2D eigenvalue weighted by molar-refractivity contribution is 5.17. The average molecular weight is 265 g/mol. The van der Waals surface area contributed by atoms with Gasteiger partial charge >= 0.3 is 0 Å². The summed E-state index contributed by atoms with van der Waals surface area (Å²) in [4.78, 5) is 0. The van der Waals surface area contributed by atoms with Gasteiger partial charge < -0.3 is 19.9 Å². The van der Waals surface area contributed by atoms with Crippen LogP contribution in [0.2, 0.25) is 0 Å². The number of ether oxygens (including phenoxy) is 2. The smallest absolute Gasteiger partial charge is 0.102 e. The monoisotopic (exact) mass is 265 g/mol. The van der Waals surface area contributed by atoms with Crippen molar-refractivity contribution in [2.75, 3.05) is 26.3 Å². The molecule has 106 valence electrons. The van der Waals surface area contributed by atoms with E-state index in [2.05, 4.69) is 19.2 Å². The van der Waals surface area contributed by atoms with E-state index in [1.54, 1.807) is 0 Å². The number of hydrogen-bond donors (Lipinski definition) is 2. The fourth-order valence-electron chi connectivity index (χ4n) is 2.24. The molecule has 1 aromatic carbocycles. The topological polar surface area (TPSA) is 50.7 Å². The van der Waals surface area contributed by atoms with Crippen molar-refractivity contribution in [3.05, 3.63) is 35.9 Å². The maximum atomic E-state index is 9.97. The fourth-order valence-corrected chi connectivity index (χ4v) is 2.24. The first-order valence-corrected chi connectivity index (χ1v) is 6.76. The van der Waals surface area contributed by atoms with Gasteiger partial charge in [-0.2, -0.15) is 0 Å². The van der Waals surface area contributed by atoms with Crippen LogP contribution in [0.4, 0.5) is 0 Å². The number of benzene rings is 1. The summed E-state index contributed by atoms with van der Waals surface area (Å²) in [5, 5.41) is 13.3. The third-order valence-corrected chi connectivity index (χ3v) is 3.17. The van der Waals surface area contributed by atoms with E-state index in [4.69, 9.17) is 9.47 Å². The molecule has 2 N–H and O–H groups in total. The Morgan fingerprint density at radius 3 is 2.84 bits per heavy atom. The molecule has 0 aliphatic carbocycles. The molecular formula is C15H23NO3. The molecule has 1 aliphatic heterocycles. The lowest BCUT2D eigenvalue weighted by molar-refractivity contribution is -0.125. The zero-order valence-electron chi connectivity index (χ0n) is 11.6. The van der Waals surface area contributed by atoms with Crippen molar-refractivity contribution in [3.8, 4) is 0 Å². The molecule has 0 bridgehead atoms. The van der Waals surface area contributed by atoms with Crippen molar-refractivity contribution in [1.82, 2.24) is 5.32 Å². The first-order valence-electron chi connectivity index (χ1n) is 6.76. The Kier molecular flexibility index (Phi) is 4.93. The Hall–Kier alpha value is -0.940. The molecular weight excluding hydrogens is 242 g/mol. The number of morpholine rings is 1. The molecule has 0 radical (unpaired) electrons. The summed E-state index contributed by atoms with van der Waals surface area (Å²) in [5.41, 5.74) is 0.732. The molecule has 0 amide bonds. The summed E-state index contributed by atoms with van der Waals surface area (Å²) in [6, 6.07) is 9.55. The SMILES string of the molecule is CC1(C)CNCC(COCC(O)c2ccccc2)O1. The summed E-state index contributed by atoms with van der Waals surface area (Å²) < 4.78 is 11.5. The number of rotatable bonds is 5. The van der Waals surface area contributed by atoms with E-state index >= 15 is 0 Å². The van der Waals surface area contributed by atoms with Crippen LogP contribution in [0.15, 0.2) is 30.3 Å². The second kappa shape index (κ2) is 6.48. The summed E-state index contributed by atoms with van der Waals surface area (Å²) in [6.45, 7) is 6.57. The van der Waals surface area contributed by atoms with Gasteiger partial charge in [0.15, 0.2) is 0 Å². The lowest BCUT2D eigenvalue weighted by Gasteiger charge is -2.36. The van der Waals surface area contributed by atoms with E-state index in [1.165, 1.54) is 0 Å². The third-order valence-electron chi connectivity index (χ3n) is 3.17. The molecule has 4 heteroatoms. The van der Waals surface area contributed by atoms with Gasteiger partial charge in [-0.25, -0.2) is 0 Å². The molecule has 0 spiro atoms. The molecule has 0 saturated carbocycles. The average Bonchev–Trinajstić information content (AvgIpc) is 2.38. The first-order chi connectivity index (χ1) is 9.07. The van der Waals surface area contributed by atoms with Gasteiger partial charge in [0.1, 0.15) is 6.10 Å². The third kappa shape index (κ3) is 4.58. The van der Waals surface area contributed by atoms with E-state index in [9.17, 15) is 5.11 Å². The van der Waals surface area contributed by atoms with E-state index in [0.29, 0.717) is 13.2 Å². The largest absolute Gasteiger partial charge is 0.386 e. The van der Waals surface area contributed by atoms with Gasteiger partial charge in [-0.1, -0.05) is 30.3 Å². The molecule has 1 fully saturated rings. The lowest BCUT2D eigenvalue weighted by Crippen LogP contribution is -2.51. The quantitative estimate of drug-likeness (QED) is 0.847. The Balaban J connectivity index is 1.72. The standard InChI is InChI=1S/C15H23NO3/c1-15(2)11-16-8-13(19-15)9-18-10-14(17)12-6-4-3-5-7-12/h3-7,13-14,16-17H,8-11H2,1-2H3. The minimum atomic E-state index is -0.578. The highest BCUT2D eigenvalue weighted by Gasteiger charge is 2.28. The van der Waals surface area contributed by atoms with Gasteiger partial charge in [-0.15, -0.1) is 0 Å². The minimum Gasteiger partial charge on any atom is -0.386 e. The van der Waals surface area contributed by atoms with Crippen LogP contribution in [0, 0.1) is 0 Å². The Morgan fingerprint density at radius 1 is 1.42 bits per heavy atom. The van der Waals surface area contributed by atoms with E-state index in [1.807, 2.05) is 30.3 Å². The molecule has 1 aliphatic rings. The van der Waals surface area contributed by atoms with Gasteiger partial charge in [-0.05, 0) is 19.4 Å². The van der Waals surface area contributed by atoms with Crippen LogP contribution in [0.3, 0.4) is 0 Å². The van der Waals surface area contributed by atoms with Crippen molar-refractivity contribution < 1.29 is 14.6 Å². The van der Waals surface area contributed by atoms with Crippen molar-refractivity contribution >= 4 is 0 Å². The molecule has 2 atom stereocenters. The highest BCUT2D eigenvalue weighted by Crippen LogP contribution is 2.16. The van der Waals surface area contributed by atoms with E-state index in [0.717, 1.165) is 18.7 Å². The number of nitrogens with one attached hydrogen (secondary N) is 1. The fraction of sp³-hybridized carbons (Fsp3) is 0.600. The zero-order valence-corrected chi connectivity index (χ0v) is 11.6. The molecule has 1 aromatic rings.